The van der Waals surface area contributed by atoms with E-state index in [1.807, 2.05) is 0 Å². The van der Waals surface area contributed by atoms with E-state index in [-0.39, 0.29) is 15.6 Å². The third kappa shape index (κ3) is 1.88. The lowest BCUT2D eigenvalue weighted by Crippen LogP contribution is -2.12. The summed E-state index contributed by atoms with van der Waals surface area (Å²) in [6.07, 6.45) is -4.62. The molecule has 3 nitrogen and oxygen atoms in total. The highest BCUT2D eigenvalue weighted by Gasteiger charge is 2.36. The molecule has 0 spiro atoms. The third-order valence-corrected chi connectivity index (χ3v) is 3.28. The average Bonchev–Trinajstić information content (AvgIpc) is 2.58. The summed E-state index contributed by atoms with van der Waals surface area (Å²) in [5, 5.41) is 9.37. The third-order valence-electron chi connectivity index (χ3n) is 2.66. The average molecular weight is 322 g/mol. The maximum absolute atomic E-state index is 12.9. The number of aromatic nitrogens is 1. The van der Waals surface area contributed by atoms with E-state index in [9.17, 15) is 18.0 Å². The fourth-order valence-corrected chi connectivity index (χ4v) is 2.74. The van der Waals surface area contributed by atoms with Crippen LogP contribution < -0.4 is 0 Å². The molecule has 0 saturated heterocycles. The number of aryl methyl sites for hydroxylation is 1. The Kier molecular flexibility index (Phi) is 2.89. The largest absolute Gasteiger partial charge is 0.464 e. The van der Waals surface area contributed by atoms with Crippen LogP contribution in [-0.2, 0) is 6.18 Å². The van der Waals surface area contributed by atoms with Crippen LogP contribution in [0.15, 0.2) is 22.8 Å². The quantitative estimate of drug-likeness (QED) is 0.787. The van der Waals surface area contributed by atoms with Gasteiger partial charge in [-0.3, -0.25) is 4.57 Å². The summed E-state index contributed by atoms with van der Waals surface area (Å²) in [7, 11) is 0. The number of carbonyl (C=O) groups is 1. The predicted octanol–water partition coefficient (Wildman–Crippen LogP) is 4.26. The van der Waals surface area contributed by atoms with E-state index < -0.39 is 17.8 Å². The van der Waals surface area contributed by atoms with Crippen molar-refractivity contribution in [3.8, 4) is 0 Å². The number of hydrogen-bond acceptors (Lipinski definition) is 1. The minimum atomic E-state index is -4.54. The molecule has 96 valence electrons. The summed E-state index contributed by atoms with van der Waals surface area (Å²) in [5.74, 6) is 0. The second-order valence-corrected chi connectivity index (χ2v) is 4.62. The van der Waals surface area contributed by atoms with Crippen molar-refractivity contribution in [2.24, 2.45) is 0 Å². The Morgan fingerprint density at radius 1 is 1.44 bits per heavy atom. The molecule has 0 unspecified atom stereocenters. The molecule has 1 N–H and O–H groups in total. The zero-order valence-corrected chi connectivity index (χ0v) is 10.6. The van der Waals surface area contributed by atoms with Crippen molar-refractivity contribution in [2.75, 3.05) is 0 Å². The van der Waals surface area contributed by atoms with Gasteiger partial charge in [0.25, 0.3) is 0 Å². The van der Waals surface area contributed by atoms with E-state index in [0.717, 1.165) is 4.57 Å². The van der Waals surface area contributed by atoms with E-state index in [0.29, 0.717) is 5.39 Å². The van der Waals surface area contributed by atoms with Gasteiger partial charge in [0.05, 0.1) is 11.1 Å². The zero-order valence-electron chi connectivity index (χ0n) is 9.05. The maximum Gasteiger partial charge on any atom is 0.417 e. The number of nitrogens with zero attached hydrogens (tertiary/aromatic N) is 1. The standard InChI is InChI=1S/C11H7BrF3NO2/c1-5-8(11(13,14)15)7(12)4-6-2-3-16(9(5)6)10(17)18/h2-4H,1H3,(H,17,18). The first-order chi connectivity index (χ1) is 8.23. The van der Waals surface area contributed by atoms with E-state index in [1.165, 1.54) is 25.3 Å². The van der Waals surface area contributed by atoms with E-state index in [4.69, 9.17) is 5.11 Å². The SMILES string of the molecule is Cc1c(C(F)(F)F)c(Br)cc2ccn(C(=O)O)c12. The fraction of sp³-hybridized carbons (Fsp3) is 0.182. The normalized spacial score (nSPS) is 12.1. The van der Waals surface area contributed by atoms with Crippen LogP contribution in [0.3, 0.4) is 0 Å². The topological polar surface area (TPSA) is 42.2 Å². The molecular formula is C11H7BrF3NO2. The van der Waals surface area contributed by atoms with Gasteiger partial charge in [0.1, 0.15) is 0 Å². The van der Waals surface area contributed by atoms with Crippen molar-refractivity contribution in [3.63, 3.8) is 0 Å². The van der Waals surface area contributed by atoms with Crippen LogP contribution in [0.4, 0.5) is 18.0 Å². The van der Waals surface area contributed by atoms with Crippen molar-refractivity contribution < 1.29 is 23.1 Å². The lowest BCUT2D eigenvalue weighted by atomic mass is 10.1. The minimum absolute atomic E-state index is 0.0537. The first-order valence-electron chi connectivity index (χ1n) is 4.84. The van der Waals surface area contributed by atoms with Gasteiger partial charge in [-0.1, -0.05) is 15.9 Å². The van der Waals surface area contributed by atoms with E-state index in [1.54, 1.807) is 0 Å². The second kappa shape index (κ2) is 4.01. The smallest absolute Gasteiger partial charge is 0.417 e. The van der Waals surface area contributed by atoms with Gasteiger partial charge in [0.15, 0.2) is 0 Å². The molecule has 1 heterocycles. The molecule has 0 radical (unpaired) electrons. The Bertz CT molecular complexity index is 646. The highest BCUT2D eigenvalue weighted by Crippen LogP contribution is 2.40. The van der Waals surface area contributed by atoms with Crippen molar-refractivity contribution in [3.05, 3.63) is 33.9 Å². The van der Waals surface area contributed by atoms with Crippen molar-refractivity contribution in [1.82, 2.24) is 4.57 Å². The Hall–Kier alpha value is -1.50. The summed E-state index contributed by atoms with van der Waals surface area (Å²) in [5.41, 5.74) is -0.909. The number of rotatable bonds is 0. The molecule has 0 aliphatic rings. The van der Waals surface area contributed by atoms with E-state index >= 15 is 0 Å². The van der Waals surface area contributed by atoms with Crippen LogP contribution in [-0.4, -0.2) is 15.8 Å². The van der Waals surface area contributed by atoms with Crippen molar-refractivity contribution in [1.29, 1.82) is 0 Å². The van der Waals surface area contributed by atoms with E-state index in [2.05, 4.69) is 15.9 Å². The molecule has 7 heteroatoms. The molecule has 0 atom stereocenters. The second-order valence-electron chi connectivity index (χ2n) is 3.76. The number of benzene rings is 1. The van der Waals surface area contributed by atoms with Crippen LogP contribution >= 0.6 is 15.9 Å². The number of halogens is 4. The van der Waals surface area contributed by atoms with Gasteiger partial charge in [-0.15, -0.1) is 0 Å². The summed E-state index contributed by atoms with van der Waals surface area (Å²) >= 11 is 2.87. The van der Waals surface area contributed by atoms with Gasteiger partial charge in [0, 0.05) is 16.1 Å². The molecule has 0 fully saturated rings. The molecule has 0 aliphatic carbocycles. The Balaban J connectivity index is 2.90. The monoisotopic (exact) mass is 321 g/mol. The van der Waals surface area contributed by atoms with Gasteiger partial charge in [-0.2, -0.15) is 13.2 Å². The van der Waals surface area contributed by atoms with Crippen molar-refractivity contribution in [2.45, 2.75) is 13.1 Å². The van der Waals surface area contributed by atoms with Crippen LogP contribution in [0.1, 0.15) is 11.1 Å². The molecule has 1 aromatic carbocycles. The number of hydrogen-bond donors (Lipinski definition) is 1. The van der Waals surface area contributed by atoms with Crippen LogP contribution in [0, 0.1) is 6.92 Å². The van der Waals surface area contributed by atoms with Crippen LogP contribution in [0.5, 0.6) is 0 Å². The molecule has 2 rings (SSSR count). The Morgan fingerprint density at radius 3 is 2.56 bits per heavy atom. The first-order valence-corrected chi connectivity index (χ1v) is 5.63. The Morgan fingerprint density at radius 2 is 2.06 bits per heavy atom. The molecule has 0 amide bonds. The summed E-state index contributed by atoms with van der Waals surface area (Å²) in [4.78, 5) is 10.9. The summed E-state index contributed by atoms with van der Waals surface area (Å²) in [6.45, 7) is 1.26. The molecule has 0 aliphatic heterocycles. The summed E-state index contributed by atoms with van der Waals surface area (Å²) < 4.78 is 39.4. The zero-order chi connectivity index (χ0) is 13.7. The van der Waals surface area contributed by atoms with Crippen LogP contribution in [0.2, 0.25) is 0 Å². The van der Waals surface area contributed by atoms with Crippen LogP contribution in [0.25, 0.3) is 10.9 Å². The molecule has 0 saturated carbocycles. The molecular weight excluding hydrogens is 315 g/mol. The number of fused-ring (bicyclic) bond motifs is 1. The lowest BCUT2D eigenvalue weighted by molar-refractivity contribution is -0.138. The molecule has 0 bridgehead atoms. The summed E-state index contributed by atoms with van der Waals surface area (Å²) in [6, 6.07) is 2.73. The number of carboxylic acid groups (broad SMARTS) is 1. The Labute approximate surface area is 108 Å². The minimum Gasteiger partial charge on any atom is -0.464 e. The highest BCUT2D eigenvalue weighted by molar-refractivity contribution is 9.10. The van der Waals surface area contributed by atoms with Gasteiger partial charge >= 0.3 is 12.3 Å². The molecule has 2 aromatic rings. The van der Waals surface area contributed by atoms with Gasteiger partial charge < -0.3 is 5.11 Å². The number of alkyl halides is 3. The molecule has 1 aromatic heterocycles. The van der Waals surface area contributed by atoms with Gasteiger partial charge in [0.2, 0.25) is 0 Å². The highest BCUT2D eigenvalue weighted by atomic mass is 79.9. The predicted molar refractivity (Wildman–Crippen MR) is 62.8 cm³/mol. The lowest BCUT2D eigenvalue weighted by Gasteiger charge is -2.14. The van der Waals surface area contributed by atoms with Gasteiger partial charge in [-0.05, 0) is 24.6 Å². The van der Waals surface area contributed by atoms with Gasteiger partial charge in [-0.25, -0.2) is 4.79 Å². The fourth-order valence-electron chi connectivity index (χ4n) is 1.97. The van der Waals surface area contributed by atoms with Crippen molar-refractivity contribution >= 4 is 32.9 Å². The first kappa shape index (κ1) is 12.9. The molecule has 18 heavy (non-hydrogen) atoms. The maximum atomic E-state index is 12.9.